The van der Waals surface area contributed by atoms with Gasteiger partial charge in [0.25, 0.3) is 0 Å². The monoisotopic (exact) mass is 538 g/mol. The van der Waals surface area contributed by atoms with Gasteiger partial charge in [0, 0.05) is 25.7 Å². The van der Waals surface area contributed by atoms with Gasteiger partial charge in [-0.15, -0.1) is 0 Å². The highest BCUT2D eigenvalue weighted by atomic mass is 32.2. The number of hydrogen-bond donors (Lipinski definition) is 1. The largest absolute Gasteiger partial charge is 0.337 e. The van der Waals surface area contributed by atoms with Crippen LogP contribution in [0.1, 0.15) is 44.1 Å². The third kappa shape index (κ3) is 6.11. The van der Waals surface area contributed by atoms with Crippen molar-refractivity contribution in [2.75, 3.05) is 39.3 Å². The minimum Gasteiger partial charge on any atom is -0.337 e. The van der Waals surface area contributed by atoms with Gasteiger partial charge >= 0.3 is 0 Å². The molecule has 204 valence electrons. The van der Waals surface area contributed by atoms with Crippen molar-refractivity contribution in [3.63, 3.8) is 0 Å². The summed E-state index contributed by atoms with van der Waals surface area (Å²) in [6.45, 7) is 6.30. The molecular formula is C29H38N4O4S. The number of nitrogens with zero attached hydrogens (tertiary/aromatic N) is 3. The minimum absolute atomic E-state index is 0.0103. The molecule has 3 saturated heterocycles. The Hall–Kier alpha value is -2.75. The number of rotatable bonds is 8. The highest BCUT2D eigenvalue weighted by Crippen LogP contribution is 2.25. The molecule has 5 rings (SSSR count). The van der Waals surface area contributed by atoms with Gasteiger partial charge in [-0.1, -0.05) is 42.0 Å². The summed E-state index contributed by atoms with van der Waals surface area (Å²) in [6.07, 6.45) is 5.49. The van der Waals surface area contributed by atoms with E-state index in [4.69, 9.17) is 0 Å². The van der Waals surface area contributed by atoms with Gasteiger partial charge in [0.05, 0.1) is 11.4 Å². The number of nitrogens with one attached hydrogen (secondary N) is 1. The van der Waals surface area contributed by atoms with E-state index < -0.39 is 16.1 Å². The maximum atomic E-state index is 13.3. The molecule has 2 aromatic rings. The number of carbonyl (C=O) groups excluding carboxylic acids is 2. The van der Waals surface area contributed by atoms with Gasteiger partial charge in [-0.3, -0.25) is 9.59 Å². The highest BCUT2D eigenvalue weighted by Gasteiger charge is 2.36. The Bertz CT molecular complexity index is 1270. The zero-order valence-electron chi connectivity index (χ0n) is 22.1. The summed E-state index contributed by atoms with van der Waals surface area (Å²) < 4.78 is 29.2. The minimum atomic E-state index is -3.92. The van der Waals surface area contributed by atoms with Crippen LogP contribution in [0, 0.1) is 6.92 Å². The molecule has 38 heavy (non-hydrogen) atoms. The molecule has 3 aliphatic rings. The standard InChI is InChI=1S/C29H38N4O4S/c1-22-8-4-9-23(18-22)24-10-5-12-26(19-24)38(36,37)30-27-13-7-16-32(29(27)35)21-28(34)33-17-6-11-25(33)20-31-14-2-3-15-31/h4-5,8-10,12,18-19,25,27,30H,2-3,6-7,11,13-17,20-21H2,1H3/t25-,27-/m0/s1. The van der Waals surface area contributed by atoms with Gasteiger partial charge in [0.1, 0.15) is 6.04 Å². The maximum Gasteiger partial charge on any atom is 0.242 e. The fourth-order valence-electron chi connectivity index (χ4n) is 6.00. The first-order valence-corrected chi connectivity index (χ1v) is 15.3. The van der Waals surface area contributed by atoms with Crippen LogP contribution in [0.3, 0.4) is 0 Å². The second-order valence-electron chi connectivity index (χ2n) is 10.9. The molecule has 2 aromatic carbocycles. The van der Waals surface area contributed by atoms with Gasteiger partial charge in [-0.25, -0.2) is 8.42 Å². The second kappa shape index (κ2) is 11.6. The molecule has 2 atom stereocenters. The predicted octanol–water partition coefficient (Wildman–Crippen LogP) is 3.02. The molecule has 3 heterocycles. The maximum absolute atomic E-state index is 13.3. The molecule has 2 amide bonds. The number of piperidine rings is 1. The Labute approximate surface area is 226 Å². The van der Waals surface area contributed by atoms with Crippen LogP contribution in [0.15, 0.2) is 53.4 Å². The van der Waals surface area contributed by atoms with Gasteiger partial charge in [-0.05, 0) is 81.8 Å². The normalized spacial score (nSPS) is 22.8. The average Bonchev–Trinajstić information content (AvgIpc) is 3.59. The predicted molar refractivity (Wildman–Crippen MR) is 147 cm³/mol. The molecule has 3 aliphatic heterocycles. The lowest BCUT2D eigenvalue weighted by Gasteiger charge is -2.34. The molecule has 0 spiro atoms. The Kier molecular flexibility index (Phi) is 8.16. The summed E-state index contributed by atoms with van der Waals surface area (Å²) in [6, 6.07) is 14.0. The Morgan fingerprint density at radius 1 is 0.921 bits per heavy atom. The van der Waals surface area contributed by atoms with Crippen molar-refractivity contribution in [2.45, 2.75) is 62.4 Å². The number of amides is 2. The van der Waals surface area contributed by atoms with Gasteiger partial charge < -0.3 is 14.7 Å². The van der Waals surface area contributed by atoms with Crippen molar-refractivity contribution >= 4 is 21.8 Å². The van der Waals surface area contributed by atoms with Crippen molar-refractivity contribution in [2.24, 2.45) is 0 Å². The topological polar surface area (TPSA) is 90.0 Å². The quantitative estimate of drug-likeness (QED) is 0.558. The number of aryl methyl sites for hydroxylation is 1. The van der Waals surface area contributed by atoms with Crippen LogP contribution in [0.5, 0.6) is 0 Å². The summed E-state index contributed by atoms with van der Waals surface area (Å²) >= 11 is 0. The number of carbonyl (C=O) groups is 2. The van der Waals surface area contributed by atoms with E-state index in [1.54, 1.807) is 18.2 Å². The van der Waals surface area contributed by atoms with E-state index in [0.29, 0.717) is 19.4 Å². The summed E-state index contributed by atoms with van der Waals surface area (Å²) in [5.41, 5.74) is 2.82. The molecule has 0 aromatic heterocycles. The lowest BCUT2D eigenvalue weighted by atomic mass is 10.0. The van der Waals surface area contributed by atoms with Crippen molar-refractivity contribution in [1.82, 2.24) is 19.4 Å². The van der Waals surface area contributed by atoms with E-state index in [1.807, 2.05) is 42.2 Å². The number of benzene rings is 2. The zero-order valence-corrected chi connectivity index (χ0v) is 23.0. The van der Waals surface area contributed by atoms with Crippen molar-refractivity contribution < 1.29 is 18.0 Å². The van der Waals surface area contributed by atoms with Crippen LogP contribution in [0.25, 0.3) is 11.1 Å². The van der Waals surface area contributed by atoms with Gasteiger partial charge in [0.2, 0.25) is 21.8 Å². The van der Waals surface area contributed by atoms with E-state index in [2.05, 4.69) is 9.62 Å². The lowest BCUT2D eigenvalue weighted by Crippen LogP contribution is -2.55. The molecule has 9 heteroatoms. The first kappa shape index (κ1) is 26.8. The van der Waals surface area contributed by atoms with E-state index in [1.165, 1.54) is 17.7 Å². The Morgan fingerprint density at radius 2 is 1.63 bits per heavy atom. The molecule has 0 bridgehead atoms. The fraction of sp³-hybridized carbons (Fsp3) is 0.517. The number of hydrogen-bond acceptors (Lipinski definition) is 5. The molecule has 0 saturated carbocycles. The smallest absolute Gasteiger partial charge is 0.242 e. The summed E-state index contributed by atoms with van der Waals surface area (Å²) in [7, 11) is -3.92. The molecule has 0 radical (unpaired) electrons. The van der Waals surface area contributed by atoms with Crippen LogP contribution in [-0.4, -0.2) is 86.3 Å². The van der Waals surface area contributed by atoms with E-state index in [0.717, 1.165) is 55.7 Å². The summed E-state index contributed by atoms with van der Waals surface area (Å²) in [5.74, 6) is -0.354. The Morgan fingerprint density at radius 3 is 2.39 bits per heavy atom. The number of likely N-dealkylation sites (tertiary alicyclic amines) is 3. The van der Waals surface area contributed by atoms with Crippen LogP contribution in [0.2, 0.25) is 0 Å². The second-order valence-corrected chi connectivity index (χ2v) is 12.6. The molecular weight excluding hydrogens is 500 g/mol. The summed E-state index contributed by atoms with van der Waals surface area (Å²) in [4.78, 5) is 32.6. The average molecular weight is 539 g/mol. The van der Waals surface area contributed by atoms with Crippen molar-refractivity contribution in [3.8, 4) is 11.1 Å². The van der Waals surface area contributed by atoms with E-state index in [-0.39, 0.29) is 29.3 Å². The lowest BCUT2D eigenvalue weighted by molar-refractivity contribution is -0.143. The van der Waals surface area contributed by atoms with Crippen molar-refractivity contribution in [1.29, 1.82) is 0 Å². The SMILES string of the molecule is Cc1cccc(-c2cccc(S(=O)(=O)N[C@H]3CCCN(CC(=O)N4CCC[C@H]4CN4CCCC4)C3=O)c2)c1. The summed E-state index contributed by atoms with van der Waals surface area (Å²) in [5, 5.41) is 0. The van der Waals surface area contributed by atoms with Gasteiger partial charge in [0.15, 0.2) is 0 Å². The molecule has 8 nitrogen and oxygen atoms in total. The first-order chi connectivity index (χ1) is 18.3. The molecule has 1 N–H and O–H groups in total. The highest BCUT2D eigenvalue weighted by molar-refractivity contribution is 7.89. The van der Waals surface area contributed by atoms with Crippen LogP contribution < -0.4 is 4.72 Å². The van der Waals surface area contributed by atoms with E-state index in [9.17, 15) is 18.0 Å². The molecule has 3 fully saturated rings. The number of sulfonamides is 1. The molecule has 0 aliphatic carbocycles. The molecule has 0 unspecified atom stereocenters. The Balaban J connectivity index is 1.23. The van der Waals surface area contributed by atoms with E-state index >= 15 is 0 Å². The van der Waals surface area contributed by atoms with Crippen LogP contribution >= 0.6 is 0 Å². The third-order valence-electron chi connectivity index (χ3n) is 8.01. The zero-order chi connectivity index (χ0) is 26.7. The van der Waals surface area contributed by atoms with Crippen molar-refractivity contribution in [3.05, 3.63) is 54.1 Å². The first-order valence-electron chi connectivity index (χ1n) is 13.8. The third-order valence-corrected chi connectivity index (χ3v) is 9.48. The van der Waals surface area contributed by atoms with Gasteiger partial charge in [-0.2, -0.15) is 4.72 Å². The fourth-order valence-corrected chi connectivity index (χ4v) is 7.27. The van der Waals surface area contributed by atoms with Crippen LogP contribution in [-0.2, 0) is 19.6 Å². The van der Waals surface area contributed by atoms with Crippen LogP contribution in [0.4, 0.5) is 0 Å².